The van der Waals surface area contributed by atoms with Gasteiger partial charge in [0.05, 0.1) is 24.5 Å². The van der Waals surface area contributed by atoms with Crippen LogP contribution in [0.3, 0.4) is 0 Å². The number of phenols is 1. The number of para-hydroxylation sites is 1. The van der Waals surface area contributed by atoms with E-state index in [0.29, 0.717) is 22.3 Å². The molecule has 6 heteroatoms. The molecule has 3 aromatic rings. The second-order valence-corrected chi connectivity index (χ2v) is 5.79. The van der Waals surface area contributed by atoms with Crippen LogP contribution in [0.4, 0.5) is 0 Å². The van der Waals surface area contributed by atoms with E-state index in [1.54, 1.807) is 36.4 Å². The maximum Gasteiger partial charge on any atom is 0.343 e. The molecule has 1 aromatic heterocycles. The number of aromatic hydroxyl groups is 1. The van der Waals surface area contributed by atoms with Gasteiger partial charge >= 0.3 is 11.6 Å². The number of fused-ring (bicyclic) bond motifs is 3. The lowest BCUT2D eigenvalue weighted by Gasteiger charge is -2.24. The number of carbonyl (C=O) groups is 1. The summed E-state index contributed by atoms with van der Waals surface area (Å²) in [6.07, 6.45) is -0.0120. The SMILES string of the molecule is COc1ccc(C2CC(=O)Oc3c2c(=O)oc2ccccc32)cc1O. The third kappa shape index (κ3) is 2.42. The molecule has 1 aliphatic rings. The van der Waals surface area contributed by atoms with E-state index in [2.05, 4.69) is 0 Å². The van der Waals surface area contributed by atoms with Crippen molar-refractivity contribution in [1.29, 1.82) is 0 Å². The first-order chi connectivity index (χ1) is 12.1. The third-order valence-electron chi connectivity index (χ3n) is 4.34. The summed E-state index contributed by atoms with van der Waals surface area (Å²) in [4.78, 5) is 24.7. The van der Waals surface area contributed by atoms with Crippen molar-refractivity contribution in [3.8, 4) is 17.2 Å². The van der Waals surface area contributed by atoms with E-state index in [1.807, 2.05) is 0 Å². The highest BCUT2D eigenvalue weighted by Gasteiger charge is 2.34. The smallest absolute Gasteiger partial charge is 0.343 e. The molecule has 2 heterocycles. The van der Waals surface area contributed by atoms with Crippen LogP contribution in [0.15, 0.2) is 51.7 Å². The van der Waals surface area contributed by atoms with E-state index < -0.39 is 17.5 Å². The number of carbonyl (C=O) groups excluding carboxylic acids is 1. The normalized spacial score (nSPS) is 16.4. The van der Waals surface area contributed by atoms with Crippen LogP contribution in [-0.2, 0) is 4.79 Å². The van der Waals surface area contributed by atoms with Gasteiger partial charge in [0.2, 0.25) is 0 Å². The molecule has 0 spiro atoms. The lowest BCUT2D eigenvalue weighted by molar-refractivity contribution is -0.135. The molecule has 0 radical (unpaired) electrons. The number of ether oxygens (including phenoxy) is 2. The second-order valence-electron chi connectivity index (χ2n) is 5.79. The van der Waals surface area contributed by atoms with E-state index in [-0.39, 0.29) is 23.5 Å². The Labute approximate surface area is 142 Å². The highest BCUT2D eigenvalue weighted by Crippen LogP contribution is 2.42. The van der Waals surface area contributed by atoms with Crippen molar-refractivity contribution < 1.29 is 23.8 Å². The lowest BCUT2D eigenvalue weighted by atomic mass is 9.86. The van der Waals surface area contributed by atoms with Gasteiger partial charge in [-0.05, 0) is 29.8 Å². The first kappa shape index (κ1) is 15.3. The highest BCUT2D eigenvalue weighted by atomic mass is 16.5. The molecule has 0 amide bonds. The molecular formula is C19H14O6. The maximum atomic E-state index is 12.5. The van der Waals surface area contributed by atoms with Crippen LogP contribution in [0, 0.1) is 0 Å². The minimum Gasteiger partial charge on any atom is -0.504 e. The van der Waals surface area contributed by atoms with Crippen molar-refractivity contribution in [3.05, 3.63) is 64.0 Å². The van der Waals surface area contributed by atoms with Gasteiger partial charge in [-0.25, -0.2) is 4.79 Å². The van der Waals surface area contributed by atoms with Crippen molar-refractivity contribution in [1.82, 2.24) is 0 Å². The Balaban J connectivity index is 1.96. The van der Waals surface area contributed by atoms with Gasteiger partial charge in [-0.2, -0.15) is 0 Å². The van der Waals surface area contributed by atoms with E-state index in [4.69, 9.17) is 13.9 Å². The average Bonchev–Trinajstić information content (AvgIpc) is 2.61. The first-order valence-corrected chi connectivity index (χ1v) is 7.72. The van der Waals surface area contributed by atoms with E-state index >= 15 is 0 Å². The molecule has 25 heavy (non-hydrogen) atoms. The van der Waals surface area contributed by atoms with Crippen LogP contribution in [0.5, 0.6) is 17.2 Å². The molecule has 1 unspecified atom stereocenters. The number of hydrogen-bond acceptors (Lipinski definition) is 6. The van der Waals surface area contributed by atoms with Crippen molar-refractivity contribution in [2.24, 2.45) is 0 Å². The Morgan fingerprint density at radius 1 is 1.16 bits per heavy atom. The fourth-order valence-electron chi connectivity index (χ4n) is 3.18. The molecule has 4 rings (SSSR count). The molecule has 1 atom stereocenters. The summed E-state index contributed by atoms with van der Waals surface area (Å²) in [5.74, 6) is -0.528. The van der Waals surface area contributed by atoms with Gasteiger partial charge in [0.1, 0.15) is 5.58 Å². The molecule has 0 bridgehead atoms. The lowest BCUT2D eigenvalue weighted by Crippen LogP contribution is -2.26. The predicted octanol–water partition coefficient (Wildman–Crippen LogP) is 2.95. The molecule has 0 saturated heterocycles. The van der Waals surface area contributed by atoms with Crippen LogP contribution in [-0.4, -0.2) is 18.2 Å². The summed E-state index contributed by atoms with van der Waals surface area (Å²) >= 11 is 0. The highest BCUT2D eigenvalue weighted by molar-refractivity contribution is 5.90. The zero-order valence-electron chi connectivity index (χ0n) is 13.3. The molecule has 1 aliphatic heterocycles. The standard InChI is InChI=1S/C19H14O6/c1-23-15-7-6-10(8-13(15)20)12-9-16(21)25-18-11-4-2-3-5-14(11)24-19(22)17(12)18/h2-8,12,20H,9H2,1H3. The monoisotopic (exact) mass is 338 g/mol. The Morgan fingerprint density at radius 2 is 1.96 bits per heavy atom. The average molecular weight is 338 g/mol. The van der Waals surface area contributed by atoms with Crippen LogP contribution >= 0.6 is 0 Å². The summed E-state index contributed by atoms with van der Waals surface area (Å²) in [6.45, 7) is 0. The zero-order chi connectivity index (χ0) is 17.6. The number of esters is 1. The van der Waals surface area contributed by atoms with Crippen LogP contribution in [0.25, 0.3) is 11.0 Å². The van der Waals surface area contributed by atoms with Gasteiger partial charge in [-0.15, -0.1) is 0 Å². The summed E-state index contributed by atoms with van der Waals surface area (Å²) in [5, 5.41) is 10.6. The maximum absolute atomic E-state index is 12.5. The van der Waals surface area contributed by atoms with Gasteiger partial charge in [0.25, 0.3) is 0 Å². The number of phenolic OH excluding ortho intramolecular Hbond substituents is 1. The fraction of sp³-hybridized carbons (Fsp3) is 0.158. The number of rotatable bonds is 2. The van der Waals surface area contributed by atoms with Crippen LogP contribution in [0.1, 0.15) is 23.5 Å². The van der Waals surface area contributed by atoms with Crippen LogP contribution in [0.2, 0.25) is 0 Å². The minimum atomic E-state index is -0.561. The molecule has 6 nitrogen and oxygen atoms in total. The largest absolute Gasteiger partial charge is 0.504 e. The Hall–Kier alpha value is -3.28. The Kier molecular flexibility index (Phi) is 3.46. The van der Waals surface area contributed by atoms with Crippen LogP contribution < -0.4 is 15.1 Å². The van der Waals surface area contributed by atoms with Gasteiger partial charge in [0.15, 0.2) is 17.2 Å². The van der Waals surface area contributed by atoms with E-state index in [0.717, 1.165) is 0 Å². The number of hydrogen-bond donors (Lipinski definition) is 1. The predicted molar refractivity (Wildman–Crippen MR) is 89.2 cm³/mol. The summed E-state index contributed by atoms with van der Waals surface area (Å²) in [7, 11) is 1.45. The molecule has 0 saturated carbocycles. The quantitative estimate of drug-likeness (QED) is 0.571. The third-order valence-corrected chi connectivity index (χ3v) is 4.34. The van der Waals surface area contributed by atoms with Gasteiger partial charge in [-0.1, -0.05) is 18.2 Å². The van der Waals surface area contributed by atoms with Gasteiger partial charge < -0.3 is 19.0 Å². The fourth-order valence-corrected chi connectivity index (χ4v) is 3.18. The Bertz CT molecular complexity index is 1050. The van der Waals surface area contributed by atoms with Gasteiger partial charge in [0, 0.05) is 5.92 Å². The van der Waals surface area contributed by atoms with E-state index in [1.165, 1.54) is 13.2 Å². The topological polar surface area (TPSA) is 86.0 Å². The van der Waals surface area contributed by atoms with Crippen molar-refractivity contribution >= 4 is 16.9 Å². The zero-order valence-corrected chi connectivity index (χ0v) is 13.3. The summed E-state index contributed by atoms with van der Waals surface area (Å²) in [5.41, 5.74) is 0.695. The number of methoxy groups -OCH3 is 1. The Morgan fingerprint density at radius 3 is 2.72 bits per heavy atom. The summed E-state index contributed by atoms with van der Waals surface area (Å²) in [6, 6.07) is 11.7. The summed E-state index contributed by atoms with van der Waals surface area (Å²) < 4.78 is 15.8. The van der Waals surface area contributed by atoms with Crippen molar-refractivity contribution in [2.75, 3.05) is 7.11 Å². The van der Waals surface area contributed by atoms with Crippen molar-refractivity contribution in [2.45, 2.75) is 12.3 Å². The second kappa shape index (κ2) is 5.66. The molecule has 0 aliphatic carbocycles. The van der Waals surface area contributed by atoms with E-state index in [9.17, 15) is 14.7 Å². The van der Waals surface area contributed by atoms with Gasteiger partial charge in [-0.3, -0.25) is 4.79 Å². The number of benzene rings is 2. The minimum absolute atomic E-state index is 0.0120. The first-order valence-electron chi connectivity index (χ1n) is 7.72. The molecule has 1 N–H and O–H groups in total. The van der Waals surface area contributed by atoms with Crippen molar-refractivity contribution in [3.63, 3.8) is 0 Å². The molecule has 0 fully saturated rings. The molecule has 2 aromatic carbocycles. The molecular weight excluding hydrogens is 324 g/mol. The molecule has 126 valence electrons.